The minimum atomic E-state index is -4.03. The number of nitrogens with one attached hydrogen (secondary N) is 1. The minimum Gasteiger partial charge on any atom is -0.462 e. The van der Waals surface area contributed by atoms with E-state index in [1.54, 1.807) is 30.3 Å². The van der Waals surface area contributed by atoms with E-state index in [-0.39, 0.29) is 61.0 Å². The van der Waals surface area contributed by atoms with Gasteiger partial charge in [0.1, 0.15) is 11.9 Å². The second-order valence-corrected chi connectivity index (χ2v) is 17.2. The van der Waals surface area contributed by atoms with Gasteiger partial charge in [0.05, 0.1) is 40.9 Å². The number of esters is 1. The van der Waals surface area contributed by atoms with Crippen molar-refractivity contribution in [1.82, 2.24) is 9.29 Å². The van der Waals surface area contributed by atoms with E-state index in [4.69, 9.17) is 14.2 Å². The highest BCUT2D eigenvalue weighted by atomic mass is 32.2. The Morgan fingerprint density at radius 1 is 1.17 bits per heavy atom. The summed E-state index contributed by atoms with van der Waals surface area (Å²) in [6.45, 7) is 4.88. The number of ether oxygens (including phenoxy) is 3. The molecule has 1 aromatic heterocycles. The van der Waals surface area contributed by atoms with Gasteiger partial charge in [0.25, 0.3) is 0 Å². The molecule has 0 amide bonds. The maximum Gasteiger partial charge on any atom is 0.306 e. The lowest BCUT2D eigenvalue weighted by molar-refractivity contribution is -0.165. The number of aliphatic hydroxyl groups excluding tert-OH is 1. The van der Waals surface area contributed by atoms with Gasteiger partial charge >= 0.3 is 5.97 Å². The molecule has 0 radical (unpaired) electrons. The van der Waals surface area contributed by atoms with Crippen LogP contribution in [0.4, 0.5) is 9.52 Å². The van der Waals surface area contributed by atoms with Gasteiger partial charge < -0.3 is 24.6 Å². The van der Waals surface area contributed by atoms with Gasteiger partial charge in [0.15, 0.2) is 11.4 Å². The fourth-order valence-corrected chi connectivity index (χ4v) is 10.3. The first-order valence-corrected chi connectivity index (χ1v) is 19.3. The zero-order valence-corrected chi connectivity index (χ0v) is 28.9. The highest BCUT2D eigenvalue weighted by Crippen LogP contribution is 2.50. The summed E-state index contributed by atoms with van der Waals surface area (Å²) in [5.74, 6) is -0.982. The molecule has 4 aliphatic rings. The molecule has 0 spiro atoms. The van der Waals surface area contributed by atoms with Crippen LogP contribution in [0.25, 0.3) is 10.2 Å². The monoisotopic (exact) mass is 701 g/mol. The van der Waals surface area contributed by atoms with Gasteiger partial charge in [-0.25, -0.2) is 17.8 Å². The molecule has 7 atom stereocenters. The quantitative estimate of drug-likeness (QED) is 0.218. The lowest BCUT2D eigenvalue weighted by Crippen LogP contribution is -2.43. The lowest BCUT2D eigenvalue weighted by Gasteiger charge is -2.30. The van der Waals surface area contributed by atoms with Crippen LogP contribution in [-0.4, -0.2) is 79.6 Å². The first-order valence-electron chi connectivity index (χ1n) is 17.1. The zero-order valence-electron chi connectivity index (χ0n) is 27.3. The molecule has 2 aromatic carbocycles. The third-order valence-electron chi connectivity index (χ3n) is 10.1. The molecule has 4 fully saturated rings. The molecular weight excluding hydrogens is 658 g/mol. The molecule has 260 valence electrons. The van der Waals surface area contributed by atoms with Crippen LogP contribution >= 0.6 is 11.3 Å². The fraction of sp³-hybridized carbons (Fsp3) is 0.600. The van der Waals surface area contributed by atoms with E-state index in [0.717, 1.165) is 41.0 Å². The molecule has 48 heavy (non-hydrogen) atoms. The number of thiazole rings is 1. The average Bonchev–Trinajstić information content (AvgIpc) is 3.43. The molecule has 2 N–H and O–H groups in total. The molecule has 7 rings (SSSR count). The van der Waals surface area contributed by atoms with Gasteiger partial charge in [0.2, 0.25) is 10.0 Å². The van der Waals surface area contributed by atoms with E-state index in [0.29, 0.717) is 30.7 Å². The Balaban J connectivity index is 1.09. The smallest absolute Gasteiger partial charge is 0.306 e. The number of anilines is 1. The van der Waals surface area contributed by atoms with E-state index in [1.807, 2.05) is 13.8 Å². The van der Waals surface area contributed by atoms with Gasteiger partial charge in [-0.2, -0.15) is 4.31 Å². The van der Waals surface area contributed by atoms with Crippen LogP contribution in [-0.2, 0) is 35.4 Å². The Morgan fingerprint density at radius 3 is 2.77 bits per heavy atom. The summed E-state index contributed by atoms with van der Waals surface area (Å²) in [4.78, 5) is 18.2. The molecular formula is C35H44FN3O7S2. The van der Waals surface area contributed by atoms with Crippen molar-refractivity contribution >= 4 is 42.7 Å². The predicted octanol–water partition coefficient (Wildman–Crippen LogP) is 5.21. The number of benzene rings is 2. The molecule has 2 aliphatic carbocycles. The summed E-state index contributed by atoms with van der Waals surface area (Å²) < 4.78 is 62.2. The average molecular weight is 702 g/mol. The van der Waals surface area contributed by atoms with Crippen LogP contribution in [0.3, 0.4) is 0 Å². The second kappa shape index (κ2) is 13.9. The highest BCUT2D eigenvalue weighted by Gasteiger charge is 2.55. The summed E-state index contributed by atoms with van der Waals surface area (Å²) in [7, 11) is -4.03. The van der Waals surface area contributed by atoms with Gasteiger partial charge in [-0.1, -0.05) is 37.3 Å². The number of carbonyl (C=O) groups is 1. The Bertz CT molecular complexity index is 1730. The maximum absolute atomic E-state index is 14.2. The molecule has 10 nitrogen and oxygen atoms in total. The third kappa shape index (κ3) is 7.41. The topological polar surface area (TPSA) is 127 Å². The molecule has 2 saturated heterocycles. The third-order valence-corrected chi connectivity index (χ3v) is 12.9. The van der Waals surface area contributed by atoms with Crippen LogP contribution < -0.4 is 5.32 Å². The molecule has 2 saturated carbocycles. The van der Waals surface area contributed by atoms with Crippen LogP contribution in [0.1, 0.15) is 51.5 Å². The first-order chi connectivity index (χ1) is 23.0. The van der Waals surface area contributed by atoms with E-state index in [1.165, 1.54) is 27.8 Å². The van der Waals surface area contributed by atoms with Crippen molar-refractivity contribution in [2.75, 3.05) is 31.6 Å². The number of rotatable bonds is 14. The van der Waals surface area contributed by atoms with Crippen LogP contribution in [0.5, 0.6) is 0 Å². The van der Waals surface area contributed by atoms with Crippen LogP contribution in [0.15, 0.2) is 47.4 Å². The number of hydrogen-bond donors (Lipinski definition) is 2. The molecule has 0 bridgehead atoms. The van der Waals surface area contributed by atoms with Crippen molar-refractivity contribution in [2.24, 2.45) is 29.6 Å². The number of fused-ring (bicyclic) bond motifs is 1. The van der Waals surface area contributed by atoms with Crippen molar-refractivity contribution in [3.05, 3.63) is 53.8 Å². The van der Waals surface area contributed by atoms with E-state index in [2.05, 4.69) is 10.3 Å². The molecule has 3 heterocycles. The van der Waals surface area contributed by atoms with Gasteiger partial charge in [0, 0.05) is 36.9 Å². The second-order valence-electron chi connectivity index (χ2n) is 14.3. The number of nitrogens with zero attached hydrogens (tertiary/aromatic N) is 2. The molecule has 2 unspecified atom stereocenters. The summed E-state index contributed by atoms with van der Waals surface area (Å²) in [6.07, 6.45) is 2.13. The van der Waals surface area contributed by atoms with Gasteiger partial charge in [-0.3, -0.25) is 4.79 Å². The van der Waals surface area contributed by atoms with Crippen molar-refractivity contribution in [1.29, 1.82) is 0 Å². The number of aliphatic hydroxyl groups is 1. The molecule has 13 heteroatoms. The number of sulfonamides is 1. The minimum absolute atomic E-state index is 0.0348. The van der Waals surface area contributed by atoms with Crippen LogP contribution in [0, 0.1) is 35.4 Å². The van der Waals surface area contributed by atoms with E-state index < -0.39 is 33.8 Å². The lowest BCUT2D eigenvalue weighted by atomic mass is 9.87. The summed E-state index contributed by atoms with van der Waals surface area (Å²) in [6, 6.07) is 11.4. The predicted molar refractivity (Wildman–Crippen MR) is 179 cm³/mol. The van der Waals surface area contributed by atoms with Gasteiger partial charge in [-0.15, -0.1) is 0 Å². The Kier molecular flexibility index (Phi) is 9.80. The number of hydrogen-bond acceptors (Lipinski definition) is 10. The molecule has 2 aliphatic heterocycles. The number of carbonyl (C=O) groups excluding carboxylic acids is 1. The van der Waals surface area contributed by atoms with E-state index >= 15 is 0 Å². The van der Waals surface area contributed by atoms with E-state index in [9.17, 15) is 22.7 Å². The fourth-order valence-electron chi connectivity index (χ4n) is 7.58. The number of aromatic nitrogens is 1. The van der Waals surface area contributed by atoms with Crippen molar-refractivity contribution in [2.45, 2.75) is 81.8 Å². The summed E-state index contributed by atoms with van der Waals surface area (Å²) >= 11 is 1.42. The standard InChI is InChI=1S/C35H44FN3O7S2/c1-20(2)17-39(48(42,43)26-8-9-28-31(16-26)47-35(38-28)37-25-6-7-25)18-29(40)23(12-21-4-3-5-24(36)13-21)15-32(41)46-30-14-22-10-11-44-34-33(22)27(30)19-45-34/h3-5,8-9,13,16,20,22-23,25,27,29-30,33-34,40H,6-7,10-12,14-15,17-19H2,1-2H3,(H,37,38)/t22?,23?,27-,29-,30-,33+,34-/m1/s1. The number of halogens is 1. The van der Waals surface area contributed by atoms with Crippen molar-refractivity contribution in [3.8, 4) is 0 Å². The Hall–Kier alpha value is -2.68. The SMILES string of the molecule is CC(C)CN(C[C@@H](O)C(CC(=O)O[C@@H]1CC2CCO[C@@H]3OC[C@H]1[C@H]23)Cc1cccc(F)c1)S(=O)(=O)c1ccc2nc(NC3CC3)sc2c1. The van der Waals surface area contributed by atoms with Gasteiger partial charge in [-0.05, 0) is 79.8 Å². The molecule has 3 aromatic rings. The summed E-state index contributed by atoms with van der Waals surface area (Å²) in [5, 5.41) is 15.9. The van der Waals surface area contributed by atoms with Crippen molar-refractivity contribution < 1.29 is 36.9 Å². The Labute approximate surface area is 285 Å². The normalized spacial score (nSPS) is 26.6. The van der Waals surface area contributed by atoms with Crippen LogP contribution in [0.2, 0.25) is 0 Å². The summed E-state index contributed by atoms with van der Waals surface area (Å²) in [5.41, 5.74) is 1.33. The first kappa shape index (κ1) is 33.8. The largest absolute Gasteiger partial charge is 0.462 e. The highest BCUT2D eigenvalue weighted by molar-refractivity contribution is 7.89. The maximum atomic E-state index is 14.2. The van der Waals surface area contributed by atoms with Crippen molar-refractivity contribution in [3.63, 3.8) is 0 Å². The zero-order chi connectivity index (χ0) is 33.6. The Morgan fingerprint density at radius 2 is 2.00 bits per heavy atom.